The van der Waals surface area contributed by atoms with Crippen molar-refractivity contribution in [2.75, 3.05) is 30.9 Å². The maximum Gasteiger partial charge on any atom is 0.337 e. The van der Waals surface area contributed by atoms with E-state index in [0.717, 1.165) is 19.4 Å². The highest BCUT2D eigenvalue weighted by molar-refractivity contribution is 5.90. The SMILES string of the molecule is COC(=O)c1cccc(Nc2nncc(NCC3CCCO3)n2)c1. The minimum absolute atomic E-state index is 0.216. The summed E-state index contributed by atoms with van der Waals surface area (Å²) in [4.78, 5) is 15.9. The molecule has 1 aromatic heterocycles. The highest BCUT2D eigenvalue weighted by Gasteiger charge is 2.15. The molecule has 3 rings (SSSR count). The molecular weight excluding hydrogens is 310 g/mol. The van der Waals surface area contributed by atoms with E-state index in [0.29, 0.717) is 29.6 Å². The normalized spacial score (nSPS) is 16.6. The largest absolute Gasteiger partial charge is 0.465 e. The van der Waals surface area contributed by atoms with Gasteiger partial charge >= 0.3 is 5.97 Å². The molecule has 0 aliphatic carbocycles. The molecule has 0 bridgehead atoms. The first-order valence-corrected chi connectivity index (χ1v) is 7.75. The molecule has 0 saturated carbocycles. The van der Waals surface area contributed by atoms with Gasteiger partial charge in [-0.05, 0) is 31.0 Å². The molecule has 126 valence electrons. The summed E-state index contributed by atoms with van der Waals surface area (Å²) in [6.07, 6.45) is 3.92. The van der Waals surface area contributed by atoms with E-state index in [2.05, 4.69) is 25.8 Å². The van der Waals surface area contributed by atoms with Gasteiger partial charge < -0.3 is 20.1 Å². The Morgan fingerprint density at radius 1 is 1.46 bits per heavy atom. The van der Waals surface area contributed by atoms with Gasteiger partial charge in [-0.3, -0.25) is 0 Å². The third-order valence-corrected chi connectivity index (χ3v) is 3.63. The van der Waals surface area contributed by atoms with E-state index in [9.17, 15) is 4.79 Å². The van der Waals surface area contributed by atoms with Gasteiger partial charge in [0.15, 0.2) is 5.82 Å². The molecule has 8 heteroatoms. The quantitative estimate of drug-likeness (QED) is 0.777. The molecule has 0 amide bonds. The second-order valence-corrected chi connectivity index (χ2v) is 5.38. The van der Waals surface area contributed by atoms with Gasteiger partial charge in [0.25, 0.3) is 0 Å². The third kappa shape index (κ3) is 4.17. The van der Waals surface area contributed by atoms with E-state index >= 15 is 0 Å². The van der Waals surface area contributed by atoms with Gasteiger partial charge in [-0.15, -0.1) is 5.10 Å². The van der Waals surface area contributed by atoms with Crippen LogP contribution in [-0.4, -0.2) is 47.5 Å². The second kappa shape index (κ2) is 7.69. The lowest BCUT2D eigenvalue weighted by Crippen LogP contribution is -2.19. The Kier molecular flexibility index (Phi) is 5.17. The maximum atomic E-state index is 11.6. The summed E-state index contributed by atoms with van der Waals surface area (Å²) in [7, 11) is 1.35. The first-order chi connectivity index (χ1) is 11.7. The summed E-state index contributed by atoms with van der Waals surface area (Å²) in [6.45, 7) is 1.51. The fourth-order valence-corrected chi connectivity index (χ4v) is 2.44. The average Bonchev–Trinajstić information content (AvgIpc) is 3.13. The average molecular weight is 329 g/mol. The summed E-state index contributed by atoms with van der Waals surface area (Å²) in [6, 6.07) is 6.90. The Bertz CT molecular complexity index is 704. The molecule has 0 spiro atoms. The Hall–Kier alpha value is -2.74. The summed E-state index contributed by atoms with van der Waals surface area (Å²) >= 11 is 0. The van der Waals surface area contributed by atoms with Crippen LogP contribution in [0.2, 0.25) is 0 Å². The molecule has 2 N–H and O–H groups in total. The van der Waals surface area contributed by atoms with E-state index in [4.69, 9.17) is 9.47 Å². The first-order valence-electron chi connectivity index (χ1n) is 7.75. The van der Waals surface area contributed by atoms with Gasteiger partial charge in [-0.1, -0.05) is 6.07 Å². The second-order valence-electron chi connectivity index (χ2n) is 5.38. The monoisotopic (exact) mass is 329 g/mol. The predicted molar refractivity (Wildman–Crippen MR) is 88.4 cm³/mol. The Balaban J connectivity index is 1.64. The number of hydrogen-bond acceptors (Lipinski definition) is 8. The number of nitrogens with zero attached hydrogens (tertiary/aromatic N) is 3. The maximum absolute atomic E-state index is 11.6. The van der Waals surface area contributed by atoms with Crippen LogP contribution in [0.25, 0.3) is 0 Å². The molecule has 1 aliphatic rings. The molecule has 1 saturated heterocycles. The van der Waals surface area contributed by atoms with Crippen LogP contribution in [0.5, 0.6) is 0 Å². The van der Waals surface area contributed by atoms with Crippen LogP contribution in [0, 0.1) is 0 Å². The van der Waals surface area contributed by atoms with Crippen molar-refractivity contribution < 1.29 is 14.3 Å². The van der Waals surface area contributed by atoms with Crippen molar-refractivity contribution in [3.8, 4) is 0 Å². The molecule has 2 heterocycles. The summed E-state index contributed by atoms with van der Waals surface area (Å²) in [5, 5.41) is 14.1. The molecule has 1 aromatic carbocycles. The molecule has 24 heavy (non-hydrogen) atoms. The zero-order chi connectivity index (χ0) is 16.8. The van der Waals surface area contributed by atoms with Crippen LogP contribution in [0.4, 0.5) is 17.5 Å². The van der Waals surface area contributed by atoms with Crippen LogP contribution in [-0.2, 0) is 9.47 Å². The van der Waals surface area contributed by atoms with E-state index in [1.807, 2.05) is 6.07 Å². The van der Waals surface area contributed by atoms with Crippen LogP contribution < -0.4 is 10.6 Å². The highest BCUT2D eigenvalue weighted by Crippen LogP contribution is 2.17. The minimum atomic E-state index is -0.398. The van der Waals surface area contributed by atoms with E-state index < -0.39 is 5.97 Å². The molecule has 0 radical (unpaired) electrons. The number of benzene rings is 1. The molecule has 1 aliphatic heterocycles. The van der Waals surface area contributed by atoms with Gasteiger partial charge in [-0.2, -0.15) is 10.1 Å². The van der Waals surface area contributed by atoms with E-state index in [-0.39, 0.29) is 6.10 Å². The van der Waals surface area contributed by atoms with Crippen molar-refractivity contribution in [2.24, 2.45) is 0 Å². The van der Waals surface area contributed by atoms with Crippen molar-refractivity contribution in [1.29, 1.82) is 0 Å². The van der Waals surface area contributed by atoms with Crippen molar-refractivity contribution in [3.63, 3.8) is 0 Å². The number of rotatable bonds is 6. The molecular formula is C16H19N5O3. The summed E-state index contributed by atoms with van der Waals surface area (Å²) in [5.41, 5.74) is 1.12. The topological polar surface area (TPSA) is 98.3 Å². The molecule has 8 nitrogen and oxygen atoms in total. The molecule has 1 atom stereocenters. The van der Waals surface area contributed by atoms with Crippen LogP contribution in [0.15, 0.2) is 30.5 Å². The van der Waals surface area contributed by atoms with Crippen LogP contribution in [0.1, 0.15) is 23.2 Å². The Morgan fingerprint density at radius 3 is 3.17 bits per heavy atom. The van der Waals surface area contributed by atoms with Gasteiger partial charge in [-0.25, -0.2) is 4.79 Å². The van der Waals surface area contributed by atoms with Crippen molar-refractivity contribution in [1.82, 2.24) is 15.2 Å². The van der Waals surface area contributed by atoms with Gasteiger partial charge in [0.2, 0.25) is 5.95 Å². The fourth-order valence-electron chi connectivity index (χ4n) is 2.44. The number of methoxy groups -OCH3 is 1. The van der Waals surface area contributed by atoms with Crippen molar-refractivity contribution >= 4 is 23.4 Å². The highest BCUT2D eigenvalue weighted by atomic mass is 16.5. The minimum Gasteiger partial charge on any atom is -0.465 e. The van der Waals surface area contributed by atoms with Crippen molar-refractivity contribution in [2.45, 2.75) is 18.9 Å². The van der Waals surface area contributed by atoms with Crippen molar-refractivity contribution in [3.05, 3.63) is 36.0 Å². The summed E-state index contributed by atoms with van der Waals surface area (Å²) in [5.74, 6) is 0.561. The van der Waals surface area contributed by atoms with Crippen LogP contribution in [0.3, 0.4) is 0 Å². The third-order valence-electron chi connectivity index (χ3n) is 3.63. The number of hydrogen-bond donors (Lipinski definition) is 2. The fraction of sp³-hybridized carbons (Fsp3) is 0.375. The number of anilines is 3. The smallest absolute Gasteiger partial charge is 0.337 e. The number of carbonyl (C=O) groups excluding carboxylic acids is 1. The molecule has 1 unspecified atom stereocenters. The zero-order valence-corrected chi connectivity index (χ0v) is 13.4. The number of carbonyl (C=O) groups is 1. The number of aromatic nitrogens is 3. The predicted octanol–water partition coefficient (Wildman–Crippen LogP) is 1.99. The molecule has 1 fully saturated rings. The van der Waals surface area contributed by atoms with Gasteiger partial charge in [0, 0.05) is 18.8 Å². The lowest BCUT2D eigenvalue weighted by Gasteiger charge is -2.11. The van der Waals surface area contributed by atoms with E-state index in [1.54, 1.807) is 24.4 Å². The standard InChI is InChI=1S/C16H19N5O3/c1-23-15(22)11-4-2-5-12(8-11)19-16-20-14(10-18-21-16)17-9-13-6-3-7-24-13/h2,4-5,8,10,13H,3,6-7,9H2,1H3,(H2,17,19,20,21). The van der Waals surface area contributed by atoms with Crippen LogP contribution >= 0.6 is 0 Å². The molecule has 2 aromatic rings. The Morgan fingerprint density at radius 2 is 2.38 bits per heavy atom. The van der Waals surface area contributed by atoms with E-state index in [1.165, 1.54) is 7.11 Å². The Labute approximate surface area is 139 Å². The number of nitrogens with one attached hydrogen (secondary N) is 2. The zero-order valence-electron chi connectivity index (χ0n) is 13.4. The first kappa shape index (κ1) is 16.1. The lowest BCUT2D eigenvalue weighted by atomic mass is 10.2. The van der Waals surface area contributed by atoms with Gasteiger partial charge in [0.1, 0.15) is 0 Å². The number of esters is 1. The number of ether oxygens (including phenoxy) is 2. The summed E-state index contributed by atoms with van der Waals surface area (Å²) < 4.78 is 10.3. The van der Waals surface area contributed by atoms with Gasteiger partial charge in [0.05, 0.1) is 25.0 Å². The lowest BCUT2D eigenvalue weighted by molar-refractivity contribution is 0.0601.